The Morgan fingerprint density at radius 2 is 2.33 bits per heavy atom. The molecule has 1 atom stereocenters. The number of benzene rings is 1. The number of halogens is 2. The third-order valence-corrected chi connectivity index (χ3v) is 3.20. The Morgan fingerprint density at radius 3 is 3.00 bits per heavy atom. The monoisotopic (exact) mass is 317 g/mol. The minimum atomic E-state index is -0.458. The fourth-order valence-corrected chi connectivity index (χ4v) is 1.85. The van der Waals surface area contributed by atoms with Crippen molar-refractivity contribution in [2.24, 2.45) is 0 Å². The van der Waals surface area contributed by atoms with Crippen LogP contribution in [0, 0.1) is 5.82 Å². The lowest BCUT2D eigenvalue weighted by atomic mass is 10.2. The molecular weight excluding hydrogens is 305 g/mol. The minimum Gasteiger partial charge on any atom is -0.376 e. The minimum absolute atomic E-state index is 0.136. The van der Waals surface area contributed by atoms with E-state index in [1.165, 1.54) is 12.1 Å². The highest BCUT2D eigenvalue weighted by Gasteiger charge is 2.16. The van der Waals surface area contributed by atoms with Crippen LogP contribution in [0.1, 0.15) is 10.4 Å². The first-order chi connectivity index (χ1) is 8.66. The van der Waals surface area contributed by atoms with E-state index < -0.39 is 5.82 Å². The zero-order valence-electron chi connectivity index (χ0n) is 9.62. The lowest BCUT2D eigenvalue weighted by molar-refractivity contribution is -0.0855. The normalized spacial score (nSPS) is 19.6. The van der Waals surface area contributed by atoms with E-state index in [4.69, 9.17) is 9.47 Å². The zero-order chi connectivity index (χ0) is 13.0. The van der Waals surface area contributed by atoms with Crippen molar-refractivity contribution >= 4 is 21.8 Å². The Balaban J connectivity index is 1.88. The maximum atomic E-state index is 13.3. The van der Waals surface area contributed by atoms with Crippen LogP contribution in [0.15, 0.2) is 22.7 Å². The molecule has 0 bridgehead atoms. The highest BCUT2D eigenvalue weighted by atomic mass is 79.9. The van der Waals surface area contributed by atoms with Gasteiger partial charge in [0.05, 0.1) is 30.4 Å². The largest absolute Gasteiger partial charge is 0.376 e. The summed E-state index contributed by atoms with van der Waals surface area (Å²) in [7, 11) is 0. The first-order valence-corrected chi connectivity index (χ1v) is 6.38. The average Bonchev–Trinajstić information content (AvgIpc) is 2.40. The molecule has 1 aliphatic heterocycles. The molecule has 1 fully saturated rings. The van der Waals surface area contributed by atoms with Gasteiger partial charge in [-0.2, -0.15) is 0 Å². The van der Waals surface area contributed by atoms with E-state index in [9.17, 15) is 9.18 Å². The van der Waals surface area contributed by atoms with E-state index in [0.717, 1.165) is 0 Å². The number of carbonyl (C=O) groups is 1. The summed E-state index contributed by atoms with van der Waals surface area (Å²) < 4.78 is 24.2. The summed E-state index contributed by atoms with van der Waals surface area (Å²) in [5.41, 5.74) is 0.285. The first kappa shape index (κ1) is 13.5. The number of amides is 1. The Kier molecular flexibility index (Phi) is 4.68. The molecule has 98 valence electrons. The molecule has 0 saturated carbocycles. The third-order valence-electron chi connectivity index (χ3n) is 2.56. The summed E-state index contributed by atoms with van der Waals surface area (Å²) in [4.78, 5) is 11.8. The van der Waals surface area contributed by atoms with Crippen molar-refractivity contribution in [2.45, 2.75) is 6.10 Å². The average molecular weight is 318 g/mol. The fourth-order valence-electron chi connectivity index (χ4n) is 1.60. The Labute approximate surface area is 113 Å². The zero-order valence-corrected chi connectivity index (χ0v) is 11.2. The molecule has 1 amide bonds. The standard InChI is InChI=1S/C12H13BrFNO3/c13-10-2-1-8(5-11(10)14)12(16)15-6-9-7-17-3-4-18-9/h1-2,5,9H,3-4,6-7H2,(H,15,16). The number of ether oxygens (including phenoxy) is 2. The number of hydrogen-bond acceptors (Lipinski definition) is 3. The number of rotatable bonds is 3. The summed E-state index contributed by atoms with van der Waals surface area (Å²) >= 11 is 3.04. The van der Waals surface area contributed by atoms with Crippen molar-refractivity contribution in [1.82, 2.24) is 5.32 Å². The predicted octanol–water partition coefficient (Wildman–Crippen LogP) is 1.73. The molecule has 0 spiro atoms. The van der Waals surface area contributed by atoms with Crippen LogP contribution in [0.3, 0.4) is 0 Å². The topological polar surface area (TPSA) is 47.6 Å². The summed E-state index contributed by atoms with van der Waals surface area (Å²) in [6.07, 6.45) is -0.136. The molecule has 0 radical (unpaired) electrons. The summed E-state index contributed by atoms with van der Waals surface area (Å²) in [6, 6.07) is 4.25. The summed E-state index contributed by atoms with van der Waals surface area (Å²) in [5, 5.41) is 2.69. The van der Waals surface area contributed by atoms with Gasteiger partial charge in [-0.25, -0.2) is 4.39 Å². The molecule has 4 nitrogen and oxygen atoms in total. The van der Waals surface area contributed by atoms with Crippen LogP contribution in [-0.2, 0) is 9.47 Å². The molecular formula is C12H13BrFNO3. The van der Waals surface area contributed by atoms with Crippen molar-refractivity contribution < 1.29 is 18.7 Å². The second kappa shape index (κ2) is 6.26. The van der Waals surface area contributed by atoms with Crippen molar-refractivity contribution in [2.75, 3.05) is 26.4 Å². The maximum absolute atomic E-state index is 13.3. The van der Waals surface area contributed by atoms with E-state index in [1.807, 2.05) is 0 Å². The van der Waals surface area contributed by atoms with Gasteiger partial charge in [-0.15, -0.1) is 0 Å². The van der Waals surface area contributed by atoms with Crippen LogP contribution >= 0.6 is 15.9 Å². The lowest BCUT2D eigenvalue weighted by Gasteiger charge is -2.23. The second-order valence-corrected chi connectivity index (χ2v) is 4.76. The molecule has 1 unspecified atom stereocenters. The maximum Gasteiger partial charge on any atom is 0.251 e. The van der Waals surface area contributed by atoms with E-state index in [2.05, 4.69) is 21.2 Å². The van der Waals surface area contributed by atoms with E-state index in [1.54, 1.807) is 6.07 Å². The van der Waals surface area contributed by atoms with Crippen LogP contribution in [-0.4, -0.2) is 38.4 Å². The summed E-state index contributed by atoms with van der Waals surface area (Å²) in [6.45, 7) is 1.95. The van der Waals surface area contributed by atoms with Gasteiger partial charge in [-0.3, -0.25) is 4.79 Å². The van der Waals surface area contributed by atoms with Crippen LogP contribution in [0.2, 0.25) is 0 Å². The van der Waals surface area contributed by atoms with Gasteiger partial charge in [0.2, 0.25) is 0 Å². The second-order valence-electron chi connectivity index (χ2n) is 3.91. The van der Waals surface area contributed by atoms with E-state index in [0.29, 0.717) is 30.8 Å². The van der Waals surface area contributed by atoms with E-state index in [-0.39, 0.29) is 17.6 Å². The molecule has 6 heteroatoms. The molecule has 1 saturated heterocycles. The van der Waals surface area contributed by atoms with Gasteiger partial charge in [0, 0.05) is 12.1 Å². The van der Waals surface area contributed by atoms with Crippen molar-refractivity contribution in [3.8, 4) is 0 Å². The van der Waals surface area contributed by atoms with Crippen LogP contribution < -0.4 is 5.32 Å². The molecule has 1 aromatic carbocycles. The Morgan fingerprint density at radius 1 is 1.50 bits per heavy atom. The van der Waals surface area contributed by atoms with E-state index >= 15 is 0 Å². The van der Waals surface area contributed by atoms with Crippen LogP contribution in [0.5, 0.6) is 0 Å². The lowest BCUT2D eigenvalue weighted by Crippen LogP contribution is -2.39. The van der Waals surface area contributed by atoms with Crippen molar-refractivity contribution in [3.05, 3.63) is 34.1 Å². The highest BCUT2D eigenvalue weighted by molar-refractivity contribution is 9.10. The number of carbonyl (C=O) groups excluding carboxylic acids is 1. The van der Waals surface area contributed by atoms with Gasteiger partial charge in [0.1, 0.15) is 5.82 Å². The van der Waals surface area contributed by atoms with Gasteiger partial charge >= 0.3 is 0 Å². The quantitative estimate of drug-likeness (QED) is 0.923. The molecule has 2 rings (SSSR count). The number of nitrogens with one attached hydrogen (secondary N) is 1. The van der Waals surface area contributed by atoms with Gasteiger partial charge in [0.15, 0.2) is 0 Å². The van der Waals surface area contributed by atoms with Crippen molar-refractivity contribution in [1.29, 1.82) is 0 Å². The summed E-state index contributed by atoms with van der Waals surface area (Å²) in [5.74, 6) is -0.782. The molecule has 0 aliphatic carbocycles. The Bertz CT molecular complexity index is 435. The Hall–Kier alpha value is -0.980. The van der Waals surface area contributed by atoms with Gasteiger partial charge < -0.3 is 14.8 Å². The van der Waals surface area contributed by atoms with Crippen LogP contribution in [0.4, 0.5) is 4.39 Å². The molecule has 18 heavy (non-hydrogen) atoms. The predicted molar refractivity (Wildman–Crippen MR) is 67.0 cm³/mol. The van der Waals surface area contributed by atoms with Crippen molar-refractivity contribution in [3.63, 3.8) is 0 Å². The molecule has 1 aromatic rings. The molecule has 1 heterocycles. The molecule has 1 aliphatic rings. The first-order valence-electron chi connectivity index (χ1n) is 5.59. The van der Waals surface area contributed by atoms with Gasteiger partial charge in [-0.1, -0.05) is 0 Å². The third kappa shape index (κ3) is 3.51. The SMILES string of the molecule is O=C(NCC1COCCO1)c1ccc(Br)c(F)c1. The highest BCUT2D eigenvalue weighted by Crippen LogP contribution is 2.16. The fraction of sp³-hybridized carbons (Fsp3) is 0.417. The van der Waals surface area contributed by atoms with Crippen LogP contribution in [0.25, 0.3) is 0 Å². The molecule has 1 N–H and O–H groups in total. The molecule has 0 aromatic heterocycles. The van der Waals surface area contributed by atoms with Gasteiger partial charge in [-0.05, 0) is 34.1 Å². The number of hydrogen-bond donors (Lipinski definition) is 1. The smallest absolute Gasteiger partial charge is 0.251 e. The van der Waals surface area contributed by atoms with Gasteiger partial charge in [0.25, 0.3) is 5.91 Å².